The minimum absolute atomic E-state index is 0.208. The summed E-state index contributed by atoms with van der Waals surface area (Å²) in [7, 11) is 0. The number of hydrogen-bond donors (Lipinski definition) is 1. The second-order valence-corrected chi connectivity index (χ2v) is 6.78. The molecule has 1 N–H and O–H groups in total. The molecular formula is C15H26O2. The van der Waals surface area contributed by atoms with Crippen LogP contribution in [0.2, 0.25) is 0 Å². The van der Waals surface area contributed by atoms with Gasteiger partial charge in [-0.3, -0.25) is 4.79 Å². The predicted molar refractivity (Wildman–Crippen MR) is 68.6 cm³/mol. The lowest BCUT2D eigenvalue weighted by molar-refractivity contribution is -0.127. The van der Waals surface area contributed by atoms with Crippen LogP contribution < -0.4 is 0 Å². The number of hydrogen-bond acceptors (Lipinski definition) is 2. The normalized spacial score (nSPS) is 46.0. The van der Waals surface area contributed by atoms with E-state index in [0.29, 0.717) is 29.5 Å². The molecule has 2 rings (SSSR count). The molecule has 0 amide bonds. The van der Waals surface area contributed by atoms with Crippen molar-refractivity contribution in [3.05, 3.63) is 0 Å². The fraction of sp³-hybridized carbons (Fsp3) is 0.933. The lowest BCUT2D eigenvalue weighted by Gasteiger charge is -2.46. The molecule has 0 heterocycles. The van der Waals surface area contributed by atoms with Crippen molar-refractivity contribution in [2.24, 2.45) is 29.6 Å². The Morgan fingerprint density at radius 1 is 1.29 bits per heavy atom. The van der Waals surface area contributed by atoms with E-state index in [9.17, 15) is 9.90 Å². The Labute approximate surface area is 105 Å². The zero-order valence-corrected chi connectivity index (χ0v) is 11.6. The van der Waals surface area contributed by atoms with Crippen LogP contribution in [-0.2, 0) is 4.79 Å². The fourth-order valence-electron chi connectivity index (χ4n) is 4.44. The van der Waals surface area contributed by atoms with E-state index in [1.807, 2.05) is 6.92 Å². The number of rotatable bonds is 2. The molecule has 98 valence electrons. The first-order chi connectivity index (χ1) is 7.84. The second kappa shape index (κ2) is 4.38. The summed E-state index contributed by atoms with van der Waals surface area (Å²) in [5.74, 6) is 2.56. The zero-order valence-electron chi connectivity index (χ0n) is 11.6. The number of carbonyl (C=O) groups is 1. The molecule has 17 heavy (non-hydrogen) atoms. The van der Waals surface area contributed by atoms with E-state index in [-0.39, 0.29) is 5.92 Å². The van der Waals surface area contributed by atoms with Gasteiger partial charge in [-0.25, -0.2) is 0 Å². The van der Waals surface area contributed by atoms with E-state index in [4.69, 9.17) is 0 Å². The molecule has 2 saturated carbocycles. The SMILES string of the molecule is CC(=O)[C@H]1CC[C@@H]2[C@H]1[C@H](C(C)C)CC[C@@]2(C)O. The molecule has 0 saturated heterocycles. The van der Waals surface area contributed by atoms with Crippen LogP contribution in [0.15, 0.2) is 0 Å². The largest absolute Gasteiger partial charge is 0.390 e. The molecule has 0 aliphatic heterocycles. The van der Waals surface area contributed by atoms with E-state index in [0.717, 1.165) is 25.7 Å². The molecule has 0 spiro atoms. The Morgan fingerprint density at radius 3 is 2.47 bits per heavy atom. The van der Waals surface area contributed by atoms with Gasteiger partial charge in [-0.2, -0.15) is 0 Å². The molecule has 0 aromatic rings. The number of Topliss-reactive ketones (excluding diaryl/α,β-unsaturated/α-hetero) is 1. The monoisotopic (exact) mass is 238 g/mol. The van der Waals surface area contributed by atoms with Crippen LogP contribution in [0.25, 0.3) is 0 Å². The Hall–Kier alpha value is -0.370. The third-order valence-corrected chi connectivity index (χ3v) is 5.37. The highest BCUT2D eigenvalue weighted by Crippen LogP contribution is 2.54. The second-order valence-electron chi connectivity index (χ2n) is 6.78. The summed E-state index contributed by atoms with van der Waals surface area (Å²) in [6.07, 6.45) is 4.01. The maximum Gasteiger partial charge on any atom is 0.133 e. The van der Waals surface area contributed by atoms with Crippen LogP contribution in [0.1, 0.15) is 53.4 Å². The lowest BCUT2D eigenvalue weighted by Crippen LogP contribution is -2.47. The fourth-order valence-corrected chi connectivity index (χ4v) is 4.44. The molecule has 0 aromatic carbocycles. The molecular weight excluding hydrogens is 212 g/mol. The minimum Gasteiger partial charge on any atom is -0.390 e. The van der Waals surface area contributed by atoms with Crippen LogP contribution in [-0.4, -0.2) is 16.5 Å². The first-order valence-electron chi connectivity index (χ1n) is 7.07. The number of fused-ring (bicyclic) bond motifs is 1. The first kappa shape index (κ1) is 13.1. The van der Waals surface area contributed by atoms with Crippen LogP contribution in [0, 0.1) is 29.6 Å². The third kappa shape index (κ3) is 2.16. The number of carbonyl (C=O) groups excluding carboxylic acids is 1. The van der Waals surface area contributed by atoms with Gasteiger partial charge in [-0.05, 0) is 63.2 Å². The standard InChI is InChI=1S/C15H26O2/c1-9(2)11-7-8-15(4,17)13-6-5-12(10(3)16)14(11)13/h9,11-14,17H,5-8H2,1-4H3/t11-,12+,13+,14-,15+/m0/s1. The average molecular weight is 238 g/mol. The quantitative estimate of drug-likeness (QED) is 0.803. The van der Waals surface area contributed by atoms with Gasteiger partial charge in [0.25, 0.3) is 0 Å². The Bertz CT molecular complexity index is 306. The van der Waals surface area contributed by atoms with Gasteiger partial charge in [0.15, 0.2) is 0 Å². The topological polar surface area (TPSA) is 37.3 Å². The van der Waals surface area contributed by atoms with Crippen molar-refractivity contribution in [1.29, 1.82) is 0 Å². The summed E-state index contributed by atoms with van der Waals surface area (Å²) in [6, 6.07) is 0. The van der Waals surface area contributed by atoms with Gasteiger partial charge < -0.3 is 5.11 Å². The maximum absolute atomic E-state index is 11.8. The van der Waals surface area contributed by atoms with Crippen molar-refractivity contribution in [3.63, 3.8) is 0 Å². The molecule has 2 heteroatoms. The van der Waals surface area contributed by atoms with E-state index in [1.165, 1.54) is 0 Å². The summed E-state index contributed by atoms with van der Waals surface area (Å²) >= 11 is 0. The summed E-state index contributed by atoms with van der Waals surface area (Å²) in [6.45, 7) is 8.23. The van der Waals surface area contributed by atoms with Crippen molar-refractivity contribution in [3.8, 4) is 0 Å². The van der Waals surface area contributed by atoms with E-state index < -0.39 is 5.60 Å². The highest BCUT2D eigenvalue weighted by Gasteiger charge is 2.53. The Kier molecular flexibility index (Phi) is 3.37. The van der Waals surface area contributed by atoms with Gasteiger partial charge in [0.05, 0.1) is 5.60 Å². The van der Waals surface area contributed by atoms with Crippen molar-refractivity contribution in [2.75, 3.05) is 0 Å². The first-order valence-corrected chi connectivity index (χ1v) is 7.07. The molecule has 2 aliphatic carbocycles. The number of ketones is 1. The molecule has 0 radical (unpaired) electrons. The van der Waals surface area contributed by atoms with Crippen molar-refractivity contribution >= 4 is 5.78 Å². The van der Waals surface area contributed by atoms with E-state index in [2.05, 4.69) is 13.8 Å². The Balaban J connectivity index is 2.28. The van der Waals surface area contributed by atoms with Crippen LogP contribution in [0.5, 0.6) is 0 Å². The van der Waals surface area contributed by atoms with Crippen molar-refractivity contribution in [1.82, 2.24) is 0 Å². The molecule has 0 unspecified atom stereocenters. The summed E-state index contributed by atoms with van der Waals surface area (Å²) in [5.41, 5.74) is -0.541. The highest BCUT2D eigenvalue weighted by molar-refractivity contribution is 5.79. The minimum atomic E-state index is -0.541. The van der Waals surface area contributed by atoms with Crippen LogP contribution in [0.3, 0.4) is 0 Å². The van der Waals surface area contributed by atoms with Gasteiger partial charge in [0.1, 0.15) is 5.78 Å². The zero-order chi connectivity index (χ0) is 12.8. The van der Waals surface area contributed by atoms with E-state index in [1.54, 1.807) is 6.92 Å². The lowest BCUT2D eigenvalue weighted by atomic mass is 9.61. The average Bonchev–Trinajstić information content (AvgIpc) is 2.62. The van der Waals surface area contributed by atoms with Gasteiger partial charge in [0.2, 0.25) is 0 Å². The molecule has 0 aromatic heterocycles. The van der Waals surface area contributed by atoms with Gasteiger partial charge in [0, 0.05) is 5.92 Å². The maximum atomic E-state index is 11.8. The van der Waals surface area contributed by atoms with Gasteiger partial charge in [-0.15, -0.1) is 0 Å². The summed E-state index contributed by atoms with van der Waals surface area (Å²) in [5, 5.41) is 10.5. The van der Waals surface area contributed by atoms with Gasteiger partial charge >= 0.3 is 0 Å². The predicted octanol–water partition coefficient (Wildman–Crippen LogP) is 3.03. The third-order valence-electron chi connectivity index (χ3n) is 5.37. The number of aliphatic hydroxyl groups is 1. The summed E-state index contributed by atoms with van der Waals surface area (Å²) < 4.78 is 0. The molecule has 2 fully saturated rings. The van der Waals surface area contributed by atoms with Crippen LogP contribution in [0.4, 0.5) is 0 Å². The molecule has 2 nitrogen and oxygen atoms in total. The smallest absolute Gasteiger partial charge is 0.133 e. The van der Waals surface area contributed by atoms with Gasteiger partial charge in [-0.1, -0.05) is 13.8 Å². The summed E-state index contributed by atoms with van der Waals surface area (Å²) in [4.78, 5) is 11.8. The van der Waals surface area contributed by atoms with E-state index >= 15 is 0 Å². The highest BCUT2D eigenvalue weighted by atomic mass is 16.3. The van der Waals surface area contributed by atoms with Crippen LogP contribution >= 0.6 is 0 Å². The van der Waals surface area contributed by atoms with Crippen molar-refractivity contribution < 1.29 is 9.90 Å². The molecule has 5 atom stereocenters. The molecule has 0 bridgehead atoms. The van der Waals surface area contributed by atoms with Crippen molar-refractivity contribution in [2.45, 2.75) is 59.0 Å². The molecule has 2 aliphatic rings. The Morgan fingerprint density at radius 2 is 1.94 bits per heavy atom.